The number of nitrogens with zero attached hydrogens (tertiary/aromatic N) is 1. The summed E-state index contributed by atoms with van der Waals surface area (Å²) in [6, 6.07) is 49.7. The van der Waals surface area contributed by atoms with E-state index in [0.29, 0.717) is 0 Å². The van der Waals surface area contributed by atoms with Crippen LogP contribution in [-0.4, -0.2) is 5.84 Å². The molecule has 0 amide bonds. The number of nitrogens with one attached hydrogen (secondary N) is 1. The van der Waals surface area contributed by atoms with Crippen LogP contribution in [0.5, 0.6) is 0 Å². The van der Waals surface area contributed by atoms with Gasteiger partial charge in [0.05, 0.1) is 11.7 Å². The number of benzene rings is 6. The molecule has 0 saturated heterocycles. The van der Waals surface area contributed by atoms with Crippen molar-refractivity contribution >= 4 is 51.7 Å². The zero-order chi connectivity index (χ0) is 31.6. The molecular formula is C44H30N2OS. The molecule has 0 bridgehead atoms. The van der Waals surface area contributed by atoms with Crippen LogP contribution in [0.25, 0.3) is 56.3 Å². The zero-order valence-corrected chi connectivity index (χ0v) is 26.9. The van der Waals surface area contributed by atoms with E-state index in [1.807, 2.05) is 11.8 Å². The van der Waals surface area contributed by atoms with Crippen molar-refractivity contribution in [2.45, 2.75) is 17.4 Å². The third-order valence-electron chi connectivity index (χ3n) is 9.85. The van der Waals surface area contributed by atoms with Crippen molar-refractivity contribution in [3.63, 3.8) is 0 Å². The van der Waals surface area contributed by atoms with Gasteiger partial charge in [-0.3, -0.25) is 0 Å². The first-order valence-electron chi connectivity index (χ1n) is 16.5. The number of aliphatic imine (C=N–C) groups is 1. The fraction of sp³-hybridized carbons (Fsp3) is 0.0682. The Morgan fingerprint density at radius 1 is 0.646 bits per heavy atom. The van der Waals surface area contributed by atoms with Gasteiger partial charge >= 0.3 is 0 Å². The molecule has 1 N–H and O–H groups in total. The summed E-state index contributed by atoms with van der Waals surface area (Å²) in [5, 5.41) is 8.66. The van der Waals surface area contributed by atoms with Crippen LogP contribution in [0.4, 0.5) is 0 Å². The van der Waals surface area contributed by atoms with Gasteiger partial charge in [0.15, 0.2) is 0 Å². The Morgan fingerprint density at radius 3 is 2.31 bits per heavy atom. The minimum absolute atomic E-state index is 0.0659. The van der Waals surface area contributed by atoms with Gasteiger partial charge in [-0.05, 0) is 75.0 Å². The first-order valence-corrected chi connectivity index (χ1v) is 17.3. The van der Waals surface area contributed by atoms with Gasteiger partial charge in [0.1, 0.15) is 17.0 Å². The van der Waals surface area contributed by atoms with E-state index in [4.69, 9.17) is 9.41 Å². The number of furan rings is 1. The molecule has 2 unspecified atom stereocenters. The standard InChI is InChI=1S/C44H30N2OS/c1-2-10-27(11-3-1)30-14-8-15-31(24-30)32-22-23-34-38(26-32)47-37-18-9-17-36(40(34)37)44-45-41(33-21-20-28-12-4-5-13-29(28)25-33)43-42(46-44)35-16-6-7-19-39(35)48-43/h1-20,22-26,33,42H,21H2,(H,45,46). The molecule has 0 saturated carbocycles. The van der Waals surface area contributed by atoms with Gasteiger partial charge in [0.2, 0.25) is 0 Å². The second kappa shape index (κ2) is 11.0. The maximum Gasteiger partial charge on any atom is 0.136 e. The summed E-state index contributed by atoms with van der Waals surface area (Å²) < 4.78 is 6.58. The molecule has 7 aromatic rings. The van der Waals surface area contributed by atoms with E-state index in [1.54, 1.807) is 0 Å². The molecule has 2 aliphatic heterocycles. The first kappa shape index (κ1) is 27.5. The van der Waals surface area contributed by atoms with Crippen LogP contribution in [0.1, 0.15) is 23.6 Å². The van der Waals surface area contributed by atoms with Crippen molar-refractivity contribution in [2.75, 3.05) is 0 Å². The van der Waals surface area contributed by atoms with Gasteiger partial charge < -0.3 is 9.73 Å². The predicted molar refractivity (Wildman–Crippen MR) is 199 cm³/mol. The van der Waals surface area contributed by atoms with Crippen LogP contribution in [0, 0.1) is 5.92 Å². The molecular weight excluding hydrogens is 605 g/mol. The Morgan fingerprint density at radius 2 is 1.40 bits per heavy atom. The molecule has 228 valence electrons. The fourth-order valence-corrected chi connectivity index (χ4v) is 8.80. The van der Waals surface area contributed by atoms with Crippen molar-refractivity contribution in [3.05, 3.63) is 172 Å². The highest BCUT2D eigenvalue weighted by atomic mass is 32.2. The maximum absolute atomic E-state index is 6.58. The molecule has 3 aliphatic rings. The highest BCUT2D eigenvalue weighted by Crippen LogP contribution is 2.52. The molecule has 6 aromatic carbocycles. The molecule has 0 fully saturated rings. The monoisotopic (exact) mass is 634 g/mol. The van der Waals surface area contributed by atoms with E-state index in [-0.39, 0.29) is 12.0 Å². The minimum atomic E-state index is 0.0659. The van der Waals surface area contributed by atoms with Crippen molar-refractivity contribution in [2.24, 2.45) is 10.9 Å². The van der Waals surface area contributed by atoms with E-state index in [2.05, 4.69) is 157 Å². The number of fused-ring (bicyclic) bond motifs is 7. The van der Waals surface area contributed by atoms with Crippen LogP contribution in [-0.2, 0) is 0 Å². The summed E-state index contributed by atoms with van der Waals surface area (Å²) in [5.41, 5.74) is 9.99. The summed E-state index contributed by atoms with van der Waals surface area (Å²) in [6.07, 6.45) is 5.71. The van der Waals surface area contributed by atoms with Gasteiger partial charge in [-0.2, -0.15) is 0 Å². The second-order valence-electron chi connectivity index (χ2n) is 12.7. The highest BCUT2D eigenvalue weighted by molar-refractivity contribution is 8.03. The number of hydrogen-bond donors (Lipinski definition) is 1. The fourth-order valence-electron chi connectivity index (χ4n) is 7.51. The molecule has 48 heavy (non-hydrogen) atoms. The van der Waals surface area contributed by atoms with E-state index in [9.17, 15) is 0 Å². The van der Waals surface area contributed by atoms with Crippen LogP contribution in [0.2, 0.25) is 0 Å². The van der Waals surface area contributed by atoms with Crippen molar-refractivity contribution in [1.82, 2.24) is 5.32 Å². The van der Waals surface area contributed by atoms with Crippen LogP contribution >= 0.6 is 11.8 Å². The third-order valence-corrected chi connectivity index (χ3v) is 11.1. The van der Waals surface area contributed by atoms with Gasteiger partial charge in [-0.15, -0.1) is 0 Å². The molecule has 0 spiro atoms. The second-order valence-corrected chi connectivity index (χ2v) is 13.8. The summed E-state index contributed by atoms with van der Waals surface area (Å²) in [6.45, 7) is 0. The lowest BCUT2D eigenvalue weighted by Gasteiger charge is -2.28. The largest absolute Gasteiger partial charge is 0.456 e. The van der Waals surface area contributed by atoms with Crippen LogP contribution in [0.15, 0.2) is 164 Å². The van der Waals surface area contributed by atoms with E-state index in [1.165, 1.54) is 42.5 Å². The summed E-state index contributed by atoms with van der Waals surface area (Å²) >= 11 is 1.86. The lowest BCUT2D eigenvalue weighted by molar-refractivity contribution is 0.669. The molecule has 2 atom stereocenters. The number of amidine groups is 1. The molecule has 1 aliphatic carbocycles. The lowest BCUT2D eigenvalue weighted by Crippen LogP contribution is -2.34. The van der Waals surface area contributed by atoms with Gasteiger partial charge in [-0.25, -0.2) is 4.99 Å². The molecule has 3 heterocycles. The Balaban J connectivity index is 1.10. The smallest absolute Gasteiger partial charge is 0.136 e. The lowest BCUT2D eigenvalue weighted by atomic mass is 9.91. The molecule has 3 nitrogen and oxygen atoms in total. The number of allylic oxidation sites excluding steroid dienone is 1. The van der Waals surface area contributed by atoms with E-state index < -0.39 is 0 Å². The Bertz CT molecular complexity index is 2610. The molecule has 4 heteroatoms. The average Bonchev–Trinajstić information content (AvgIpc) is 3.73. The van der Waals surface area contributed by atoms with E-state index >= 15 is 0 Å². The van der Waals surface area contributed by atoms with Gasteiger partial charge in [0.25, 0.3) is 0 Å². The molecule has 0 radical (unpaired) electrons. The molecule has 10 rings (SSSR count). The first-order chi connectivity index (χ1) is 23.8. The number of hydrogen-bond acceptors (Lipinski definition) is 4. The number of thioether (sulfide) groups is 1. The topological polar surface area (TPSA) is 37.5 Å². The minimum Gasteiger partial charge on any atom is -0.456 e. The maximum atomic E-state index is 6.58. The van der Waals surface area contributed by atoms with Crippen molar-refractivity contribution in [1.29, 1.82) is 0 Å². The van der Waals surface area contributed by atoms with Crippen LogP contribution < -0.4 is 15.8 Å². The van der Waals surface area contributed by atoms with Crippen molar-refractivity contribution < 1.29 is 4.42 Å². The Labute approximate surface area is 282 Å². The summed E-state index contributed by atoms with van der Waals surface area (Å²) in [7, 11) is 0. The normalized spacial score (nSPS) is 18.0. The number of rotatable bonds is 4. The highest BCUT2D eigenvalue weighted by Gasteiger charge is 2.37. The summed E-state index contributed by atoms with van der Waals surface area (Å²) in [5.74, 6) is 1.10. The zero-order valence-electron chi connectivity index (χ0n) is 26.1. The van der Waals surface area contributed by atoms with E-state index in [0.717, 1.165) is 51.0 Å². The quantitative estimate of drug-likeness (QED) is 0.210. The summed E-state index contributed by atoms with van der Waals surface area (Å²) in [4.78, 5) is 8.09. The third kappa shape index (κ3) is 4.48. The van der Waals surface area contributed by atoms with Gasteiger partial charge in [0, 0.05) is 32.1 Å². The predicted octanol–water partition coefficient (Wildman–Crippen LogP) is 9.61. The Hall–Kier alpha value is -5.58. The van der Waals surface area contributed by atoms with Crippen LogP contribution in [0.3, 0.4) is 0 Å². The van der Waals surface area contributed by atoms with Gasteiger partial charge in [-0.1, -0.05) is 133 Å². The van der Waals surface area contributed by atoms with Crippen molar-refractivity contribution in [3.8, 4) is 22.3 Å². The Kier molecular flexibility index (Phi) is 6.31. The average molecular weight is 635 g/mol. The molecule has 1 aromatic heterocycles. The SMILES string of the molecule is C1=c2ccccc2=CC(C2=C3Sc4ccccc4C3NC(c3cccc4oc5cc(-c6cccc(-c7ccccc7)c6)ccc5c34)=N2)C1.